The zero-order valence-electron chi connectivity index (χ0n) is 19.0. The molecule has 3 rings (SSSR count). The van der Waals surface area contributed by atoms with E-state index in [2.05, 4.69) is 19.2 Å². The van der Waals surface area contributed by atoms with E-state index in [1.54, 1.807) is 18.7 Å². The molecule has 1 aromatic heterocycles. The van der Waals surface area contributed by atoms with E-state index in [0.717, 1.165) is 16.0 Å². The highest BCUT2D eigenvalue weighted by molar-refractivity contribution is 7.17. The fourth-order valence-corrected chi connectivity index (χ4v) is 4.93. The number of hydrogen-bond acceptors (Lipinski definition) is 6. The predicted molar refractivity (Wildman–Crippen MR) is 124 cm³/mol. The number of nitrogens with one attached hydrogen (secondary N) is 1. The minimum absolute atomic E-state index is 0.200. The fraction of sp³-hybridized carbons (Fsp3) is 0.458. The van der Waals surface area contributed by atoms with Gasteiger partial charge in [-0.3, -0.25) is 4.79 Å². The molecule has 0 bridgehead atoms. The lowest BCUT2D eigenvalue weighted by atomic mass is 10.0. The monoisotopic (exact) mass is 458 g/mol. The smallest absolute Gasteiger partial charge is 0.410 e. The zero-order valence-corrected chi connectivity index (χ0v) is 19.8. The molecule has 0 unspecified atom stereocenters. The summed E-state index contributed by atoms with van der Waals surface area (Å²) >= 11 is 1.32. The molecule has 0 fully saturated rings. The molecule has 172 valence electrons. The second-order valence-corrected chi connectivity index (χ2v) is 9.03. The van der Waals surface area contributed by atoms with Gasteiger partial charge in [0.25, 0.3) is 0 Å². The van der Waals surface area contributed by atoms with Crippen LogP contribution in [0.15, 0.2) is 24.3 Å². The highest BCUT2D eigenvalue weighted by Crippen LogP contribution is 2.38. The van der Waals surface area contributed by atoms with E-state index in [9.17, 15) is 14.4 Å². The Morgan fingerprint density at radius 3 is 2.41 bits per heavy atom. The number of amides is 2. The number of hydrogen-bond donors (Lipinski definition) is 1. The van der Waals surface area contributed by atoms with Crippen molar-refractivity contribution in [1.29, 1.82) is 0 Å². The number of anilines is 1. The van der Waals surface area contributed by atoms with Gasteiger partial charge in [0.05, 0.1) is 31.7 Å². The Balaban J connectivity index is 1.80. The molecule has 1 aromatic carbocycles. The van der Waals surface area contributed by atoms with Crippen LogP contribution in [0.3, 0.4) is 0 Å². The summed E-state index contributed by atoms with van der Waals surface area (Å²) in [5.74, 6) is -0.225. The summed E-state index contributed by atoms with van der Waals surface area (Å²) in [5, 5.41) is 3.38. The molecule has 0 saturated carbocycles. The average molecular weight is 459 g/mol. The van der Waals surface area contributed by atoms with Gasteiger partial charge < -0.3 is 19.7 Å². The summed E-state index contributed by atoms with van der Waals surface area (Å²) in [6, 6.07) is 7.98. The molecule has 8 heteroatoms. The number of ether oxygens (including phenoxy) is 2. The van der Waals surface area contributed by atoms with Crippen LogP contribution >= 0.6 is 11.3 Å². The maximum Gasteiger partial charge on any atom is 0.410 e. The lowest BCUT2D eigenvalue weighted by Gasteiger charge is -2.26. The highest BCUT2D eigenvalue weighted by atomic mass is 32.1. The number of thiophene rings is 1. The summed E-state index contributed by atoms with van der Waals surface area (Å²) in [7, 11) is 0. The first-order valence-corrected chi connectivity index (χ1v) is 11.8. The normalized spacial score (nSPS) is 13.0. The van der Waals surface area contributed by atoms with Gasteiger partial charge in [-0.2, -0.15) is 0 Å². The van der Waals surface area contributed by atoms with E-state index in [1.807, 2.05) is 24.3 Å². The van der Waals surface area contributed by atoms with Gasteiger partial charge in [-0.05, 0) is 42.9 Å². The molecule has 1 N–H and O–H groups in total. The number of nitrogens with zero attached hydrogens (tertiary/aromatic N) is 1. The lowest BCUT2D eigenvalue weighted by molar-refractivity contribution is -0.115. The second kappa shape index (κ2) is 10.6. The number of benzene rings is 1. The molecule has 1 aliphatic rings. The van der Waals surface area contributed by atoms with Crippen molar-refractivity contribution in [1.82, 2.24) is 4.90 Å². The summed E-state index contributed by atoms with van der Waals surface area (Å²) in [4.78, 5) is 40.1. The van der Waals surface area contributed by atoms with E-state index in [4.69, 9.17) is 9.47 Å². The van der Waals surface area contributed by atoms with Crippen LogP contribution in [0, 0.1) is 0 Å². The first kappa shape index (κ1) is 23.8. The Morgan fingerprint density at radius 2 is 1.78 bits per heavy atom. The summed E-state index contributed by atoms with van der Waals surface area (Å²) in [5.41, 5.74) is 3.36. The van der Waals surface area contributed by atoms with Gasteiger partial charge in [0.15, 0.2) is 0 Å². The van der Waals surface area contributed by atoms with Gasteiger partial charge in [-0.1, -0.05) is 38.1 Å². The number of carbonyl (C=O) groups is 3. The second-order valence-electron chi connectivity index (χ2n) is 7.92. The minimum Gasteiger partial charge on any atom is -0.462 e. The number of carbonyl (C=O) groups excluding carboxylic acids is 3. The van der Waals surface area contributed by atoms with Crippen LogP contribution in [-0.2, 0) is 33.7 Å². The van der Waals surface area contributed by atoms with Crippen LogP contribution in [0.4, 0.5) is 9.80 Å². The maximum absolute atomic E-state index is 12.8. The van der Waals surface area contributed by atoms with Crippen LogP contribution in [0.25, 0.3) is 0 Å². The largest absolute Gasteiger partial charge is 0.462 e. The number of rotatable bonds is 7. The molecule has 2 amide bonds. The Labute approximate surface area is 192 Å². The van der Waals surface area contributed by atoms with Crippen molar-refractivity contribution in [3.05, 3.63) is 51.4 Å². The van der Waals surface area contributed by atoms with Gasteiger partial charge >= 0.3 is 12.1 Å². The topological polar surface area (TPSA) is 84.9 Å². The van der Waals surface area contributed by atoms with Crippen molar-refractivity contribution < 1.29 is 23.9 Å². The number of esters is 1. The Hall–Kier alpha value is -2.87. The molecule has 0 spiro atoms. The zero-order chi connectivity index (χ0) is 23.3. The maximum atomic E-state index is 12.8. The summed E-state index contributed by atoms with van der Waals surface area (Å²) < 4.78 is 10.4. The van der Waals surface area contributed by atoms with Crippen LogP contribution in [0.1, 0.15) is 65.5 Å². The molecule has 0 radical (unpaired) electrons. The van der Waals surface area contributed by atoms with E-state index in [1.165, 1.54) is 16.9 Å². The summed E-state index contributed by atoms with van der Waals surface area (Å²) in [6.07, 6.45) is 0.336. The van der Waals surface area contributed by atoms with Crippen molar-refractivity contribution in [2.24, 2.45) is 0 Å². The van der Waals surface area contributed by atoms with Crippen LogP contribution in [0.5, 0.6) is 0 Å². The molecule has 7 nitrogen and oxygen atoms in total. The highest BCUT2D eigenvalue weighted by Gasteiger charge is 2.31. The van der Waals surface area contributed by atoms with Crippen LogP contribution < -0.4 is 5.32 Å². The van der Waals surface area contributed by atoms with Crippen molar-refractivity contribution in [3.63, 3.8) is 0 Å². The molecule has 0 atom stereocenters. The van der Waals surface area contributed by atoms with Gasteiger partial charge in [0.2, 0.25) is 5.91 Å². The van der Waals surface area contributed by atoms with Crippen LogP contribution in [-0.4, -0.2) is 42.6 Å². The molecule has 2 heterocycles. The van der Waals surface area contributed by atoms with Crippen molar-refractivity contribution in [3.8, 4) is 0 Å². The SMILES string of the molecule is CCOC(=O)c1c(NC(=O)Cc2ccc(C(C)C)cc2)sc2c1CCN(C(=O)OCC)C2. The van der Waals surface area contributed by atoms with Gasteiger partial charge in [-0.15, -0.1) is 11.3 Å². The van der Waals surface area contributed by atoms with Gasteiger partial charge in [0.1, 0.15) is 5.00 Å². The molecule has 0 saturated heterocycles. The van der Waals surface area contributed by atoms with E-state index >= 15 is 0 Å². The minimum atomic E-state index is -0.453. The van der Waals surface area contributed by atoms with E-state index < -0.39 is 5.97 Å². The third kappa shape index (κ3) is 5.48. The molecular weight excluding hydrogens is 428 g/mol. The van der Waals surface area contributed by atoms with E-state index in [-0.39, 0.29) is 25.0 Å². The lowest BCUT2D eigenvalue weighted by Crippen LogP contribution is -2.36. The molecule has 0 aliphatic carbocycles. The quantitative estimate of drug-likeness (QED) is 0.606. The van der Waals surface area contributed by atoms with Crippen LogP contribution in [0.2, 0.25) is 0 Å². The van der Waals surface area contributed by atoms with Crippen molar-refractivity contribution in [2.45, 2.75) is 53.0 Å². The Kier molecular flexibility index (Phi) is 7.90. The molecule has 1 aliphatic heterocycles. The van der Waals surface area contributed by atoms with Gasteiger partial charge in [0, 0.05) is 11.4 Å². The molecule has 2 aromatic rings. The standard InChI is InChI=1S/C24H30N2O5S/c1-5-30-23(28)21-18-11-12-26(24(29)31-6-2)14-19(18)32-22(21)25-20(27)13-16-7-9-17(10-8-16)15(3)4/h7-10,15H,5-6,11-14H2,1-4H3,(H,25,27). The Morgan fingerprint density at radius 1 is 1.09 bits per heavy atom. The third-order valence-corrected chi connectivity index (χ3v) is 6.46. The number of fused-ring (bicyclic) bond motifs is 1. The first-order valence-electron chi connectivity index (χ1n) is 11.0. The molecule has 32 heavy (non-hydrogen) atoms. The Bertz CT molecular complexity index is 981. The van der Waals surface area contributed by atoms with Crippen molar-refractivity contribution in [2.75, 3.05) is 25.1 Å². The third-order valence-electron chi connectivity index (χ3n) is 5.33. The van der Waals surface area contributed by atoms with Gasteiger partial charge in [-0.25, -0.2) is 9.59 Å². The predicted octanol–water partition coefficient (Wildman–Crippen LogP) is 4.74. The summed E-state index contributed by atoms with van der Waals surface area (Å²) in [6.45, 7) is 9.11. The van der Waals surface area contributed by atoms with E-state index in [0.29, 0.717) is 42.6 Å². The average Bonchev–Trinajstić information content (AvgIpc) is 3.11. The first-order chi connectivity index (χ1) is 15.3. The molecular formula is C24H30N2O5S. The van der Waals surface area contributed by atoms with Crippen molar-refractivity contribution >= 4 is 34.3 Å². The fourth-order valence-electron chi connectivity index (χ4n) is 3.66.